The Labute approximate surface area is 146 Å². The van der Waals surface area contributed by atoms with Gasteiger partial charge in [0, 0.05) is 12.5 Å². The van der Waals surface area contributed by atoms with Crippen LogP contribution in [0, 0.1) is 12.8 Å². The van der Waals surface area contributed by atoms with Crippen molar-refractivity contribution in [2.75, 3.05) is 6.54 Å². The average Bonchev–Trinajstić information content (AvgIpc) is 3.35. The van der Waals surface area contributed by atoms with Gasteiger partial charge < -0.3 is 9.64 Å². The number of carbonyl (C=O) groups is 2. The van der Waals surface area contributed by atoms with Crippen LogP contribution in [-0.4, -0.2) is 39.3 Å². The Morgan fingerprint density at radius 3 is 2.60 bits per heavy atom. The summed E-state index contributed by atoms with van der Waals surface area (Å²) in [4.78, 5) is 35.5. The zero-order chi connectivity index (χ0) is 17.4. The molecule has 1 atom stereocenters. The number of benzene rings is 1. The smallest absolute Gasteiger partial charge is 0.329 e. The molecule has 2 aromatic rings. The van der Waals surface area contributed by atoms with Gasteiger partial charge in [-0.25, -0.2) is 14.8 Å². The highest BCUT2D eigenvalue weighted by Crippen LogP contribution is 2.34. The number of hydrogen-bond donors (Lipinski definition) is 0. The van der Waals surface area contributed by atoms with Gasteiger partial charge in [-0.1, -0.05) is 12.1 Å². The van der Waals surface area contributed by atoms with Gasteiger partial charge in [0.15, 0.2) is 0 Å². The standard InChI is InChI=1S/C19H21N3O3/c1-12-16(21-15-6-3-2-5-14(15)20-12)11-25-19(24)17-7-4-10-22(17)18(23)13-8-9-13/h2-3,5-6,13,17H,4,7-11H2,1H3/t17-/m0/s1. The first-order chi connectivity index (χ1) is 12.1. The molecule has 25 heavy (non-hydrogen) atoms. The molecule has 2 aliphatic rings. The molecule has 1 aliphatic carbocycles. The van der Waals surface area contributed by atoms with Crippen molar-refractivity contribution in [3.63, 3.8) is 0 Å². The number of amides is 1. The van der Waals surface area contributed by atoms with E-state index in [-0.39, 0.29) is 24.4 Å². The van der Waals surface area contributed by atoms with Crippen LogP contribution in [0.5, 0.6) is 0 Å². The van der Waals surface area contributed by atoms with E-state index in [1.54, 1.807) is 4.90 Å². The SMILES string of the molecule is Cc1nc2ccccc2nc1COC(=O)[C@@H]1CCCN1C(=O)C1CC1. The molecule has 6 nitrogen and oxygen atoms in total. The lowest BCUT2D eigenvalue weighted by Crippen LogP contribution is -2.42. The van der Waals surface area contributed by atoms with E-state index >= 15 is 0 Å². The number of likely N-dealkylation sites (tertiary alicyclic amines) is 1. The van der Waals surface area contributed by atoms with Gasteiger partial charge >= 0.3 is 5.97 Å². The lowest BCUT2D eigenvalue weighted by atomic mass is 10.2. The highest BCUT2D eigenvalue weighted by Gasteiger charge is 2.41. The third kappa shape index (κ3) is 3.21. The molecule has 1 saturated heterocycles. The quantitative estimate of drug-likeness (QED) is 0.800. The molecule has 0 radical (unpaired) electrons. The molecule has 4 rings (SSSR count). The van der Waals surface area contributed by atoms with Gasteiger partial charge in [0.25, 0.3) is 0 Å². The normalized spacial score (nSPS) is 20.0. The maximum atomic E-state index is 12.5. The maximum absolute atomic E-state index is 12.5. The summed E-state index contributed by atoms with van der Waals surface area (Å²) in [5.74, 6) is -0.0935. The van der Waals surface area contributed by atoms with Crippen LogP contribution in [0.3, 0.4) is 0 Å². The summed E-state index contributed by atoms with van der Waals surface area (Å²) in [5.41, 5.74) is 3.02. The number of nitrogens with zero attached hydrogens (tertiary/aromatic N) is 3. The minimum absolute atomic E-state index is 0.0878. The maximum Gasteiger partial charge on any atom is 0.329 e. The van der Waals surface area contributed by atoms with Crippen LogP contribution in [-0.2, 0) is 20.9 Å². The predicted octanol–water partition coefficient (Wildman–Crippen LogP) is 2.38. The van der Waals surface area contributed by atoms with E-state index in [9.17, 15) is 9.59 Å². The molecule has 1 aromatic carbocycles. The molecule has 0 spiro atoms. The second kappa shape index (κ2) is 6.43. The van der Waals surface area contributed by atoms with Crippen molar-refractivity contribution in [2.45, 2.75) is 45.3 Å². The van der Waals surface area contributed by atoms with E-state index < -0.39 is 6.04 Å². The Kier molecular flexibility index (Phi) is 4.11. The Balaban J connectivity index is 1.44. The second-order valence-corrected chi connectivity index (χ2v) is 6.82. The van der Waals surface area contributed by atoms with Crippen LogP contribution in [0.25, 0.3) is 11.0 Å². The Morgan fingerprint density at radius 1 is 1.16 bits per heavy atom. The number of aromatic nitrogens is 2. The summed E-state index contributed by atoms with van der Waals surface area (Å²) < 4.78 is 5.49. The lowest BCUT2D eigenvalue weighted by Gasteiger charge is -2.23. The number of fused-ring (bicyclic) bond motifs is 1. The fourth-order valence-corrected chi connectivity index (χ4v) is 3.34. The van der Waals surface area contributed by atoms with Crippen molar-refractivity contribution in [3.05, 3.63) is 35.7 Å². The van der Waals surface area contributed by atoms with Crippen molar-refractivity contribution in [1.82, 2.24) is 14.9 Å². The Hall–Kier alpha value is -2.50. The number of esters is 1. The first kappa shape index (κ1) is 16.0. The second-order valence-electron chi connectivity index (χ2n) is 6.82. The number of hydrogen-bond acceptors (Lipinski definition) is 5. The number of aryl methyl sites for hydroxylation is 1. The number of ether oxygens (including phenoxy) is 1. The van der Waals surface area contributed by atoms with Crippen LogP contribution >= 0.6 is 0 Å². The first-order valence-corrected chi connectivity index (χ1v) is 8.83. The molecule has 2 heterocycles. The first-order valence-electron chi connectivity index (χ1n) is 8.83. The topological polar surface area (TPSA) is 72.4 Å². The van der Waals surface area contributed by atoms with E-state index in [1.807, 2.05) is 31.2 Å². The summed E-state index contributed by atoms with van der Waals surface area (Å²) in [6.07, 6.45) is 3.43. The zero-order valence-electron chi connectivity index (χ0n) is 14.3. The molecule has 0 N–H and O–H groups in total. The Morgan fingerprint density at radius 2 is 1.88 bits per heavy atom. The summed E-state index contributed by atoms with van der Waals surface area (Å²) in [5, 5.41) is 0. The molecule has 6 heteroatoms. The molecule has 2 fully saturated rings. The van der Waals surface area contributed by atoms with Crippen LogP contribution in [0.1, 0.15) is 37.1 Å². The van der Waals surface area contributed by atoms with Gasteiger partial charge in [-0.15, -0.1) is 0 Å². The van der Waals surface area contributed by atoms with Gasteiger partial charge in [-0.05, 0) is 44.7 Å². The summed E-state index contributed by atoms with van der Waals surface area (Å²) in [7, 11) is 0. The van der Waals surface area contributed by atoms with Gasteiger partial charge in [0.1, 0.15) is 12.6 Å². The molecule has 0 unspecified atom stereocenters. The molecular weight excluding hydrogens is 318 g/mol. The van der Waals surface area contributed by atoms with E-state index in [0.29, 0.717) is 18.7 Å². The van der Waals surface area contributed by atoms with Crippen molar-refractivity contribution in [2.24, 2.45) is 5.92 Å². The van der Waals surface area contributed by atoms with Gasteiger partial charge in [0.05, 0.1) is 22.4 Å². The molecule has 1 saturated carbocycles. The molecule has 0 bridgehead atoms. The number of para-hydroxylation sites is 2. The molecule has 1 amide bonds. The van der Waals surface area contributed by atoms with E-state index in [1.165, 1.54) is 0 Å². The van der Waals surface area contributed by atoms with E-state index in [0.717, 1.165) is 36.0 Å². The predicted molar refractivity (Wildman–Crippen MR) is 91.5 cm³/mol. The van der Waals surface area contributed by atoms with Crippen LogP contribution in [0.15, 0.2) is 24.3 Å². The van der Waals surface area contributed by atoms with Crippen molar-refractivity contribution >= 4 is 22.9 Å². The summed E-state index contributed by atoms with van der Waals surface area (Å²) >= 11 is 0. The van der Waals surface area contributed by atoms with Crippen LogP contribution in [0.2, 0.25) is 0 Å². The fourth-order valence-electron chi connectivity index (χ4n) is 3.34. The third-order valence-corrected chi connectivity index (χ3v) is 4.93. The zero-order valence-corrected chi connectivity index (χ0v) is 14.3. The van der Waals surface area contributed by atoms with Crippen molar-refractivity contribution in [1.29, 1.82) is 0 Å². The summed E-state index contributed by atoms with van der Waals surface area (Å²) in [6, 6.07) is 7.18. The minimum Gasteiger partial charge on any atom is -0.458 e. The van der Waals surface area contributed by atoms with Crippen LogP contribution < -0.4 is 0 Å². The van der Waals surface area contributed by atoms with Gasteiger partial charge in [0.2, 0.25) is 5.91 Å². The van der Waals surface area contributed by atoms with Crippen molar-refractivity contribution < 1.29 is 14.3 Å². The molecule has 1 aliphatic heterocycles. The van der Waals surface area contributed by atoms with Crippen LogP contribution in [0.4, 0.5) is 0 Å². The molecule has 130 valence electrons. The highest BCUT2D eigenvalue weighted by molar-refractivity contribution is 5.87. The minimum atomic E-state index is -0.443. The Bertz CT molecular complexity index is 832. The molecule has 1 aromatic heterocycles. The third-order valence-electron chi connectivity index (χ3n) is 4.93. The number of carbonyl (C=O) groups excluding carboxylic acids is 2. The van der Waals surface area contributed by atoms with Crippen molar-refractivity contribution in [3.8, 4) is 0 Å². The van der Waals surface area contributed by atoms with E-state index in [4.69, 9.17) is 4.74 Å². The van der Waals surface area contributed by atoms with Gasteiger partial charge in [-0.3, -0.25) is 4.79 Å². The largest absolute Gasteiger partial charge is 0.458 e. The summed E-state index contributed by atoms with van der Waals surface area (Å²) in [6.45, 7) is 2.61. The number of rotatable bonds is 4. The van der Waals surface area contributed by atoms with E-state index in [2.05, 4.69) is 9.97 Å². The lowest BCUT2D eigenvalue weighted by molar-refractivity contribution is -0.155. The fraction of sp³-hybridized carbons (Fsp3) is 0.474. The average molecular weight is 339 g/mol. The molecular formula is C19H21N3O3. The highest BCUT2D eigenvalue weighted by atomic mass is 16.5. The monoisotopic (exact) mass is 339 g/mol. The van der Waals surface area contributed by atoms with Gasteiger partial charge in [-0.2, -0.15) is 0 Å².